The van der Waals surface area contributed by atoms with Crippen molar-refractivity contribution in [1.82, 2.24) is 0 Å². The van der Waals surface area contributed by atoms with E-state index in [9.17, 15) is 28.6 Å². The summed E-state index contributed by atoms with van der Waals surface area (Å²) >= 11 is 0. The molecule has 10 nitrogen and oxygen atoms in total. The first kappa shape index (κ1) is 18.3. The van der Waals surface area contributed by atoms with Crippen LogP contribution in [-0.2, 0) is 20.9 Å². The van der Waals surface area contributed by atoms with E-state index in [1.165, 1.54) is 31.4 Å². The molecule has 0 aromatic heterocycles. The standard InChI is InChI=1S/C14H12N2O8S/c1-23-10-5-7-11(8-6-10)25(21,22)24-9-12-13(15(17)18)3-2-4-14(12)16(19)20/h2-8H,9H2,1H3. The van der Waals surface area contributed by atoms with E-state index in [2.05, 4.69) is 0 Å². The highest BCUT2D eigenvalue weighted by Gasteiger charge is 2.27. The number of nitro groups is 2. The molecule has 0 atom stereocenters. The second-order valence-electron chi connectivity index (χ2n) is 4.68. The summed E-state index contributed by atoms with van der Waals surface area (Å²) in [5, 5.41) is 22.1. The second kappa shape index (κ2) is 7.23. The number of nitrogens with zero attached hydrogens (tertiary/aromatic N) is 2. The van der Waals surface area contributed by atoms with Crippen LogP contribution in [0.3, 0.4) is 0 Å². The number of hydrogen-bond donors (Lipinski definition) is 0. The van der Waals surface area contributed by atoms with Gasteiger partial charge < -0.3 is 4.74 Å². The van der Waals surface area contributed by atoms with E-state index in [-0.39, 0.29) is 4.90 Å². The highest BCUT2D eigenvalue weighted by atomic mass is 32.2. The first-order valence-corrected chi connectivity index (χ1v) is 8.11. The van der Waals surface area contributed by atoms with Crippen molar-refractivity contribution >= 4 is 21.5 Å². The molecule has 0 N–H and O–H groups in total. The van der Waals surface area contributed by atoms with Crippen LogP contribution in [0.5, 0.6) is 5.75 Å². The topological polar surface area (TPSA) is 139 Å². The Morgan fingerprint density at radius 2 is 1.48 bits per heavy atom. The van der Waals surface area contributed by atoms with Crippen molar-refractivity contribution in [3.63, 3.8) is 0 Å². The van der Waals surface area contributed by atoms with Gasteiger partial charge in [-0.2, -0.15) is 8.42 Å². The fourth-order valence-electron chi connectivity index (χ4n) is 2.00. The lowest BCUT2D eigenvalue weighted by Crippen LogP contribution is -2.09. The third kappa shape index (κ3) is 4.08. The lowest BCUT2D eigenvalue weighted by molar-refractivity contribution is -0.396. The van der Waals surface area contributed by atoms with Crippen molar-refractivity contribution in [2.75, 3.05) is 7.11 Å². The third-order valence-electron chi connectivity index (χ3n) is 3.23. The average Bonchev–Trinajstić information content (AvgIpc) is 2.59. The van der Waals surface area contributed by atoms with Crippen molar-refractivity contribution in [1.29, 1.82) is 0 Å². The van der Waals surface area contributed by atoms with Crippen LogP contribution in [-0.4, -0.2) is 25.4 Å². The van der Waals surface area contributed by atoms with E-state index in [0.29, 0.717) is 5.75 Å². The lowest BCUT2D eigenvalue weighted by Gasteiger charge is -2.07. The first-order valence-electron chi connectivity index (χ1n) is 6.70. The molecule has 2 aromatic carbocycles. The first-order chi connectivity index (χ1) is 11.8. The molecular weight excluding hydrogens is 356 g/mol. The van der Waals surface area contributed by atoms with Gasteiger partial charge in [-0.05, 0) is 30.3 Å². The van der Waals surface area contributed by atoms with Crippen LogP contribution >= 0.6 is 0 Å². The number of ether oxygens (including phenoxy) is 1. The maximum absolute atomic E-state index is 12.2. The Kier molecular flexibility index (Phi) is 5.29. The molecule has 2 rings (SSSR count). The number of hydrogen-bond acceptors (Lipinski definition) is 8. The summed E-state index contributed by atoms with van der Waals surface area (Å²) in [5.41, 5.74) is -1.63. The Bertz CT molecular complexity index is 877. The van der Waals surface area contributed by atoms with Crippen molar-refractivity contribution in [2.24, 2.45) is 0 Å². The zero-order valence-corrected chi connectivity index (χ0v) is 13.6. The molecule has 0 heterocycles. The minimum absolute atomic E-state index is 0.213. The molecule has 0 bridgehead atoms. The van der Waals surface area contributed by atoms with E-state index >= 15 is 0 Å². The van der Waals surface area contributed by atoms with Crippen LogP contribution in [0, 0.1) is 20.2 Å². The monoisotopic (exact) mass is 368 g/mol. The molecule has 0 amide bonds. The van der Waals surface area contributed by atoms with E-state index in [0.717, 1.165) is 18.2 Å². The molecule has 132 valence electrons. The number of benzene rings is 2. The van der Waals surface area contributed by atoms with E-state index in [1.54, 1.807) is 0 Å². The molecule has 25 heavy (non-hydrogen) atoms. The molecule has 0 spiro atoms. The molecule has 0 aliphatic rings. The van der Waals surface area contributed by atoms with Gasteiger partial charge in [-0.1, -0.05) is 0 Å². The number of nitro benzene ring substituents is 2. The van der Waals surface area contributed by atoms with E-state index < -0.39 is 43.5 Å². The Morgan fingerprint density at radius 1 is 0.960 bits per heavy atom. The maximum Gasteiger partial charge on any atom is 0.297 e. The van der Waals surface area contributed by atoms with Gasteiger partial charge in [0.2, 0.25) is 0 Å². The quantitative estimate of drug-likeness (QED) is 0.412. The molecule has 0 radical (unpaired) electrons. The number of methoxy groups -OCH3 is 1. The highest BCUT2D eigenvalue weighted by Crippen LogP contribution is 2.30. The number of rotatable bonds is 7. The van der Waals surface area contributed by atoms with Crippen LogP contribution in [0.2, 0.25) is 0 Å². The minimum atomic E-state index is -4.27. The van der Waals surface area contributed by atoms with Gasteiger partial charge in [-0.25, -0.2) is 0 Å². The molecule has 0 aliphatic heterocycles. The van der Waals surface area contributed by atoms with Crippen molar-refractivity contribution in [3.8, 4) is 5.75 Å². The molecule has 0 unspecified atom stereocenters. The van der Waals surface area contributed by atoms with Crippen LogP contribution in [0.25, 0.3) is 0 Å². The molecule has 2 aromatic rings. The molecule has 11 heteroatoms. The fraction of sp³-hybridized carbons (Fsp3) is 0.143. The fourth-order valence-corrected chi connectivity index (χ4v) is 2.88. The Morgan fingerprint density at radius 3 is 1.92 bits per heavy atom. The minimum Gasteiger partial charge on any atom is -0.497 e. The van der Waals surface area contributed by atoms with Gasteiger partial charge in [-0.15, -0.1) is 0 Å². The summed E-state index contributed by atoms with van der Waals surface area (Å²) in [6.07, 6.45) is 0. The van der Waals surface area contributed by atoms with E-state index in [1.807, 2.05) is 0 Å². The van der Waals surface area contributed by atoms with E-state index in [4.69, 9.17) is 8.92 Å². The van der Waals surface area contributed by atoms with Crippen LogP contribution in [0.1, 0.15) is 5.56 Å². The molecule has 0 saturated heterocycles. The van der Waals surface area contributed by atoms with Gasteiger partial charge in [-0.3, -0.25) is 24.4 Å². The van der Waals surface area contributed by atoms with Crippen molar-refractivity contribution in [2.45, 2.75) is 11.5 Å². The van der Waals surface area contributed by atoms with Gasteiger partial charge in [0, 0.05) is 12.1 Å². The molecular formula is C14H12N2O8S. The van der Waals surface area contributed by atoms with Gasteiger partial charge in [0.1, 0.15) is 17.9 Å². The van der Waals surface area contributed by atoms with Crippen molar-refractivity contribution < 1.29 is 27.2 Å². The lowest BCUT2D eigenvalue weighted by atomic mass is 10.1. The summed E-state index contributed by atoms with van der Waals surface area (Å²) < 4.78 is 34.0. The summed E-state index contributed by atoms with van der Waals surface area (Å²) in [4.78, 5) is 20.2. The van der Waals surface area contributed by atoms with Gasteiger partial charge >= 0.3 is 0 Å². The van der Waals surface area contributed by atoms with Crippen LogP contribution < -0.4 is 4.74 Å². The summed E-state index contributed by atoms with van der Waals surface area (Å²) in [6, 6.07) is 8.44. The van der Waals surface area contributed by atoms with Crippen LogP contribution in [0.4, 0.5) is 11.4 Å². The molecule has 0 fully saturated rings. The van der Waals surface area contributed by atoms with Gasteiger partial charge in [0.05, 0.1) is 21.9 Å². The van der Waals surface area contributed by atoms with Gasteiger partial charge in [0.25, 0.3) is 21.5 Å². The highest BCUT2D eigenvalue weighted by molar-refractivity contribution is 7.86. The Labute approximate surface area is 142 Å². The third-order valence-corrected chi connectivity index (χ3v) is 4.50. The Hall–Kier alpha value is -3.05. The maximum atomic E-state index is 12.2. The van der Waals surface area contributed by atoms with Crippen molar-refractivity contribution in [3.05, 3.63) is 68.3 Å². The largest absolute Gasteiger partial charge is 0.497 e. The zero-order valence-electron chi connectivity index (χ0n) is 12.8. The summed E-state index contributed by atoms with van der Waals surface area (Å²) in [5.74, 6) is 0.424. The SMILES string of the molecule is COc1ccc(S(=O)(=O)OCc2c([N+](=O)[O-])cccc2[N+](=O)[O-])cc1. The van der Waals surface area contributed by atoms with Gasteiger partial charge in [0.15, 0.2) is 0 Å². The smallest absolute Gasteiger partial charge is 0.297 e. The predicted molar refractivity (Wildman–Crippen MR) is 84.7 cm³/mol. The normalized spacial score (nSPS) is 11.1. The molecule has 0 aliphatic carbocycles. The predicted octanol–water partition coefficient (Wildman–Crippen LogP) is 2.42. The summed E-state index contributed by atoms with van der Waals surface area (Å²) in [7, 11) is -2.86. The second-order valence-corrected chi connectivity index (χ2v) is 6.30. The zero-order chi connectivity index (χ0) is 18.6. The van der Waals surface area contributed by atoms with Crippen LogP contribution in [0.15, 0.2) is 47.4 Å². The Balaban J connectivity index is 2.33. The average molecular weight is 368 g/mol. The summed E-state index contributed by atoms with van der Waals surface area (Å²) in [6.45, 7) is -0.845. The molecule has 0 saturated carbocycles.